The van der Waals surface area contributed by atoms with E-state index >= 15 is 0 Å². The molecule has 0 amide bonds. The van der Waals surface area contributed by atoms with Crippen LogP contribution in [0, 0.1) is 0 Å². The molecule has 0 radical (unpaired) electrons. The highest BCUT2D eigenvalue weighted by atomic mass is 16.3. The zero-order valence-electron chi connectivity index (χ0n) is 10.8. The van der Waals surface area contributed by atoms with E-state index in [1.807, 2.05) is 36.4 Å². The van der Waals surface area contributed by atoms with Gasteiger partial charge >= 0.3 is 0 Å². The number of anilines is 1. The second-order valence-electron chi connectivity index (χ2n) is 4.91. The number of fused-ring (bicyclic) bond motifs is 3. The first kappa shape index (κ1) is 11.1. The van der Waals surface area contributed by atoms with Crippen molar-refractivity contribution in [3.05, 3.63) is 66.7 Å². The molecular weight excluding hydrogens is 246 g/mol. The summed E-state index contributed by atoms with van der Waals surface area (Å²) < 4.78 is 6.04. The minimum absolute atomic E-state index is 0.760. The molecule has 0 bridgehead atoms. The molecule has 2 N–H and O–H groups in total. The fraction of sp³-hybridized carbons (Fsp3) is 0. The summed E-state index contributed by atoms with van der Waals surface area (Å²) in [4.78, 5) is 0. The molecule has 4 aromatic rings. The van der Waals surface area contributed by atoms with Crippen molar-refractivity contribution in [3.8, 4) is 11.1 Å². The quantitative estimate of drug-likeness (QED) is 0.497. The Kier molecular flexibility index (Phi) is 2.30. The minimum Gasteiger partial charge on any atom is -0.455 e. The van der Waals surface area contributed by atoms with Crippen molar-refractivity contribution in [2.24, 2.45) is 0 Å². The van der Waals surface area contributed by atoms with Gasteiger partial charge < -0.3 is 10.2 Å². The van der Waals surface area contributed by atoms with Crippen LogP contribution >= 0.6 is 0 Å². The molecule has 0 aliphatic heterocycles. The minimum atomic E-state index is 0.760. The van der Waals surface area contributed by atoms with Crippen molar-refractivity contribution in [3.63, 3.8) is 0 Å². The van der Waals surface area contributed by atoms with Crippen molar-refractivity contribution in [2.45, 2.75) is 0 Å². The van der Waals surface area contributed by atoms with Crippen molar-refractivity contribution in [1.29, 1.82) is 0 Å². The van der Waals surface area contributed by atoms with Crippen LogP contribution in [0.3, 0.4) is 0 Å². The molecular formula is C18H13NO. The van der Waals surface area contributed by atoms with E-state index in [-0.39, 0.29) is 0 Å². The summed E-state index contributed by atoms with van der Waals surface area (Å²) in [7, 11) is 0. The van der Waals surface area contributed by atoms with Gasteiger partial charge in [0, 0.05) is 22.0 Å². The molecule has 1 aromatic heterocycles. The van der Waals surface area contributed by atoms with Gasteiger partial charge in [-0.3, -0.25) is 0 Å². The zero-order valence-corrected chi connectivity index (χ0v) is 10.8. The van der Waals surface area contributed by atoms with E-state index in [4.69, 9.17) is 10.2 Å². The standard InChI is InChI=1S/C18H13NO/c19-13-6-3-5-12(11-13)14-8-4-9-16-15-7-1-2-10-17(15)20-18(14)16/h1-11H,19H2. The van der Waals surface area contributed by atoms with Gasteiger partial charge in [-0.1, -0.05) is 48.5 Å². The maximum Gasteiger partial charge on any atom is 0.143 e. The molecule has 2 nitrogen and oxygen atoms in total. The Bertz CT molecular complexity index is 921. The van der Waals surface area contributed by atoms with E-state index in [9.17, 15) is 0 Å². The monoisotopic (exact) mass is 259 g/mol. The first-order valence-corrected chi connectivity index (χ1v) is 6.59. The molecule has 96 valence electrons. The summed E-state index contributed by atoms with van der Waals surface area (Å²) >= 11 is 0. The number of benzene rings is 3. The number of nitrogen functional groups attached to an aromatic ring is 1. The van der Waals surface area contributed by atoms with Gasteiger partial charge in [-0.05, 0) is 23.8 Å². The second kappa shape index (κ2) is 4.14. The van der Waals surface area contributed by atoms with Gasteiger partial charge in [0.05, 0.1) is 0 Å². The molecule has 0 saturated carbocycles. The predicted molar refractivity (Wildman–Crippen MR) is 83.6 cm³/mol. The summed E-state index contributed by atoms with van der Waals surface area (Å²) in [5.41, 5.74) is 10.6. The lowest BCUT2D eigenvalue weighted by Crippen LogP contribution is -1.85. The number of hydrogen-bond donors (Lipinski definition) is 1. The summed E-state index contributed by atoms with van der Waals surface area (Å²) in [6.07, 6.45) is 0. The molecule has 3 aromatic carbocycles. The molecule has 0 fully saturated rings. The largest absolute Gasteiger partial charge is 0.455 e. The van der Waals surface area contributed by atoms with E-state index in [0.717, 1.165) is 38.8 Å². The molecule has 0 atom stereocenters. The first-order valence-electron chi connectivity index (χ1n) is 6.59. The van der Waals surface area contributed by atoms with Crippen molar-refractivity contribution < 1.29 is 4.42 Å². The SMILES string of the molecule is Nc1cccc(-c2cccc3c2oc2ccccc23)c1. The predicted octanol–water partition coefficient (Wildman–Crippen LogP) is 4.84. The molecule has 4 rings (SSSR count). The molecule has 0 spiro atoms. The van der Waals surface area contributed by atoms with Crippen LogP contribution in [0.25, 0.3) is 33.1 Å². The third-order valence-electron chi connectivity index (χ3n) is 3.60. The molecule has 0 saturated heterocycles. The molecule has 0 aliphatic rings. The third kappa shape index (κ3) is 1.58. The fourth-order valence-corrected chi connectivity index (χ4v) is 2.68. The van der Waals surface area contributed by atoms with Crippen LogP contribution in [-0.2, 0) is 0 Å². The van der Waals surface area contributed by atoms with E-state index < -0.39 is 0 Å². The maximum absolute atomic E-state index is 6.04. The molecule has 20 heavy (non-hydrogen) atoms. The average Bonchev–Trinajstić information content (AvgIpc) is 2.86. The zero-order chi connectivity index (χ0) is 13.5. The van der Waals surface area contributed by atoms with Crippen LogP contribution in [-0.4, -0.2) is 0 Å². The normalized spacial score (nSPS) is 11.2. The number of rotatable bonds is 1. The number of para-hydroxylation sites is 2. The summed E-state index contributed by atoms with van der Waals surface area (Å²) in [6.45, 7) is 0. The van der Waals surface area contributed by atoms with Crippen LogP contribution < -0.4 is 5.73 Å². The van der Waals surface area contributed by atoms with Gasteiger partial charge in [0.15, 0.2) is 0 Å². The Labute approximate surface area is 116 Å². The lowest BCUT2D eigenvalue weighted by molar-refractivity contribution is 0.670. The fourth-order valence-electron chi connectivity index (χ4n) is 2.68. The Morgan fingerprint density at radius 1 is 0.750 bits per heavy atom. The lowest BCUT2D eigenvalue weighted by Gasteiger charge is -2.03. The molecule has 2 heteroatoms. The van der Waals surface area contributed by atoms with E-state index in [2.05, 4.69) is 30.3 Å². The Morgan fingerprint density at radius 3 is 2.45 bits per heavy atom. The topological polar surface area (TPSA) is 39.2 Å². The van der Waals surface area contributed by atoms with Gasteiger partial charge in [0.25, 0.3) is 0 Å². The summed E-state index contributed by atoms with van der Waals surface area (Å²) in [5.74, 6) is 0. The Balaban J connectivity index is 2.10. The molecule has 0 aliphatic carbocycles. The van der Waals surface area contributed by atoms with Gasteiger partial charge in [0.2, 0.25) is 0 Å². The average molecular weight is 259 g/mol. The second-order valence-corrected chi connectivity index (χ2v) is 4.91. The highest BCUT2D eigenvalue weighted by Gasteiger charge is 2.11. The molecule has 0 unspecified atom stereocenters. The van der Waals surface area contributed by atoms with Crippen LogP contribution in [0.2, 0.25) is 0 Å². The third-order valence-corrected chi connectivity index (χ3v) is 3.60. The maximum atomic E-state index is 6.04. The smallest absolute Gasteiger partial charge is 0.143 e. The van der Waals surface area contributed by atoms with Gasteiger partial charge in [0.1, 0.15) is 11.2 Å². The highest BCUT2D eigenvalue weighted by molar-refractivity contribution is 6.09. The lowest BCUT2D eigenvalue weighted by atomic mass is 10.0. The number of furan rings is 1. The van der Waals surface area contributed by atoms with Crippen molar-refractivity contribution >= 4 is 27.6 Å². The summed E-state index contributed by atoms with van der Waals surface area (Å²) in [6, 6.07) is 22.2. The highest BCUT2D eigenvalue weighted by Crippen LogP contribution is 2.35. The van der Waals surface area contributed by atoms with E-state index in [1.54, 1.807) is 0 Å². The first-order chi connectivity index (χ1) is 9.83. The van der Waals surface area contributed by atoms with Crippen LogP contribution in [0.15, 0.2) is 71.1 Å². The summed E-state index contributed by atoms with van der Waals surface area (Å²) in [5, 5.41) is 2.29. The molecule has 1 heterocycles. The Morgan fingerprint density at radius 2 is 1.55 bits per heavy atom. The van der Waals surface area contributed by atoms with Crippen molar-refractivity contribution in [1.82, 2.24) is 0 Å². The van der Waals surface area contributed by atoms with E-state index in [0.29, 0.717) is 0 Å². The number of nitrogens with two attached hydrogens (primary N) is 1. The van der Waals surface area contributed by atoms with E-state index in [1.165, 1.54) is 0 Å². The van der Waals surface area contributed by atoms with Crippen molar-refractivity contribution in [2.75, 3.05) is 5.73 Å². The van der Waals surface area contributed by atoms with Crippen LogP contribution in [0.1, 0.15) is 0 Å². The van der Waals surface area contributed by atoms with Crippen LogP contribution in [0.5, 0.6) is 0 Å². The van der Waals surface area contributed by atoms with Crippen LogP contribution in [0.4, 0.5) is 5.69 Å². The van der Waals surface area contributed by atoms with Gasteiger partial charge in [-0.25, -0.2) is 0 Å². The van der Waals surface area contributed by atoms with Gasteiger partial charge in [-0.15, -0.1) is 0 Å². The Hall–Kier alpha value is -2.74. The number of hydrogen-bond acceptors (Lipinski definition) is 2. The van der Waals surface area contributed by atoms with Gasteiger partial charge in [-0.2, -0.15) is 0 Å².